The van der Waals surface area contributed by atoms with Gasteiger partial charge in [-0.05, 0) is 31.4 Å². The highest BCUT2D eigenvalue weighted by molar-refractivity contribution is 7.91. The van der Waals surface area contributed by atoms with E-state index < -0.39 is 9.84 Å². The Kier molecular flexibility index (Phi) is 4.27. The summed E-state index contributed by atoms with van der Waals surface area (Å²) >= 11 is 0. The number of imidazole rings is 1. The molecule has 0 radical (unpaired) electrons. The maximum Gasteiger partial charge on any atom is 0.255 e. The topological polar surface area (TPSA) is 71.8 Å². The molecule has 1 aliphatic carbocycles. The van der Waals surface area contributed by atoms with E-state index in [0.717, 1.165) is 31.2 Å². The number of hydrogen-bond acceptors (Lipinski definition) is 4. The normalized spacial score (nSPS) is 23.8. The summed E-state index contributed by atoms with van der Waals surface area (Å²) in [6.07, 6.45) is 11.1. The van der Waals surface area contributed by atoms with Crippen LogP contribution in [0.5, 0.6) is 0 Å². The summed E-state index contributed by atoms with van der Waals surface area (Å²) < 4.78 is 25.8. The SMILES string of the molecule is O=C(c1ccc2cncn2c1)N(C1CCCCC1)C1CCS(=O)(=O)C1. The number of fused-ring (bicyclic) bond motifs is 1. The minimum atomic E-state index is -3.03. The van der Waals surface area contributed by atoms with E-state index in [1.807, 2.05) is 21.4 Å². The van der Waals surface area contributed by atoms with Crippen LogP contribution < -0.4 is 0 Å². The lowest BCUT2D eigenvalue weighted by molar-refractivity contribution is 0.0541. The Hall–Kier alpha value is -1.89. The lowest BCUT2D eigenvalue weighted by atomic mass is 9.92. The van der Waals surface area contributed by atoms with Crippen molar-refractivity contribution < 1.29 is 13.2 Å². The molecule has 1 amide bonds. The highest BCUT2D eigenvalue weighted by Gasteiger charge is 2.38. The van der Waals surface area contributed by atoms with Gasteiger partial charge < -0.3 is 9.30 Å². The molecule has 1 atom stereocenters. The number of rotatable bonds is 3. The molecule has 1 saturated carbocycles. The molecule has 2 fully saturated rings. The Labute approximate surface area is 147 Å². The van der Waals surface area contributed by atoms with E-state index in [9.17, 15) is 13.2 Å². The fraction of sp³-hybridized carbons (Fsp3) is 0.556. The smallest absolute Gasteiger partial charge is 0.255 e. The third kappa shape index (κ3) is 3.29. The molecule has 25 heavy (non-hydrogen) atoms. The monoisotopic (exact) mass is 361 g/mol. The zero-order valence-corrected chi connectivity index (χ0v) is 15.0. The van der Waals surface area contributed by atoms with Crippen molar-refractivity contribution in [3.8, 4) is 0 Å². The second-order valence-electron chi connectivity index (χ2n) is 7.20. The van der Waals surface area contributed by atoms with E-state index in [1.54, 1.807) is 18.7 Å². The molecule has 2 aromatic rings. The summed E-state index contributed by atoms with van der Waals surface area (Å²) in [5, 5.41) is 0. The van der Waals surface area contributed by atoms with Crippen molar-refractivity contribution in [3.63, 3.8) is 0 Å². The Balaban J connectivity index is 1.67. The molecular weight excluding hydrogens is 338 g/mol. The predicted molar refractivity (Wildman–Crippen MR) is 95.3 cm³/mol. The van der Waals surface area contributed by atoms with Gasteiger partial charge in [0.25, 0.3) is 5.91 Å². The maximum absolute atomic E-state index is 13.3. The van der Waals surface area contributed by atoms with E-state index in [-0.39, 0.29) is 29.5 Å². The minimum absolute atomic E-state index is 0.0513. The fourth-order valence-electron chi connectivity index (χ4n) is 4.18. The van der Waals surface area contributed by atoms with Crippen LogP contribution in [0.2, 0.25) is 0 Å². The average molecular weight is 361 g/mol. The molecule has 2 aliphatic rings. The van der Waals surface area contributed by atoms with Gasteiger partial charge in [-0.1, -0.05) is 19.3 Å². The highest BCUT2D eigenvalue weighted by Crippen LogP contribution is 2.29. The number of sulfone groups is 1. The molecule has 0 aromatic carbocycles. The zero-order valence-electron chi connectivity index (χ0n) is 14.2. The molecular formula is C18H23N3O3S. The molecule has 2 aromatic heterocycles. The van der Waals surface area contributed by atoms with Gasteiger partial charge in [0, 0.05) is 18.3 Å². The van der Waals surface area contributed by atoms with Gasteiger partial charge in [-0.3, -0.25) is 4.79 Å². The number of carbonyl (C=O) groups excluding carboxylic acids is 1. The molecule has 7 heteroatoms. The lowest BCUT2D eigenvalue weighted by Gasteiger charge is -2.38. The van der Waals surface area contributed by atoms with Crippen LogP contribution in [0.4, 0.5) is 0 Å². The van der Waals surface area contributed by atoms with Crippen LogP contribution in [-0.4, -0.2) is 52.2 Å². The maximum atomic E-state index is 13.3. The number of amides is 1. The summed E-state index contributed by atoms with van der Waals surface area (Å²) in [4.78, 5) is 19.3. The third-order valence-electron chi connectivity index (χ3n) is 5.46. The fourth-order valence-corrected chi connectivity index (χ4v) is 5.89. The molecule has 3 heterocycles. The Morgan fingerprint density at radius 2 is 1.92 bits per heavy atom. The molecule has 0 N–H and O–H groups in total. The van der Waals surface area contributed by atoms with E-state index in [0.29, 0.717) is 12.0 Å². The summed E-state index contributed by atoms with van der Waals surface area (Å²) in [5.41, 5.74) is 1.53. The first kappa shape index (κ1) is 16.6. The highest BCUT2D eigenvalue weighted by atomic mass is 32.2. The van der Waals surface area contributed by atoms with Crippen molar-refractivity contribution in [2.75, 3.05) is 11.5 Å². The van der Waals surface area contributed by atoms with Gasteiger partial charge in [0.15, 0.2) is 9.84 Å². The number of carbonyl (C=O) groups is 1. The van der Waals surface area contributed by atoms with Gasteiger partial charge in [0.2, 0.25) is 0 Å². The minimum Gasteiger partial charge on any atom is -0.332 e. The molecule has 0 bridgehead atoms. The molecule has 0 spiro atoms. The molecule has 134 valence electrons. The van der Waals surface area contributed by atoms with Gasteiger partial charge in [-0.15, -0.1) is 0 Å². The van der Waals surface area contributed by atoms with Gasteiger partial charge in [0.1, 0.15) is 0 Å². The van der Waals surface area contributed by atoms with Crippen molar-refractivity contribution in [3.05, 3.63) is 36.4 Å². The van der Waals surface area contributed by atoms with E-state index in [4.69, 9.17) is 0 Å². The average Bonchev–Trinajstić information content (AvgIpc) is 3.21. The second-order valence-corrected chi connectivity index (χ2v) is 9.43. The quantitative estimate of drug-likeness (QED) is 0.841. The van der Waals surface area contributed by atoms with Crippen LogP contribution in [0.1, 0.15) is 48.9 Å². The van der Waals surface area contributed by atoms with Crippen molar-refractivity contribution in [2.45, 2.75) is 50.6 Å². The standard InChI is InChI=1S/C18H23N3O3S/c22-18(14-6-7-16-10-19-13-20(16)11-14)21(15-4-2-1-3-5-15)17-8-9-25(23,24)12-17/h6-7,10-11,13,15,17H,1-5,8-9,12H2. The van der Waals surface area contributed by atoms with Crippen LogP contribution >= 0.6 is 0 Å². The van der Waals surface area contributed by atoms with Crippen LogP contribution in [0.3, 0.4) is 0 Å². The van der Waals surface area contributed by atoms with E-state index in [2.05, 4.69) is 4.98 Å². The first-order chi connectivity index (χ1) is 12.0. The van der Waals surface area contributed by atoms with Gasteiger partial charge in [-0.25, -0.2) is 13.4 Å². The van der Waals surface area contributed by atoms with Gasteiger partial charge >= 0.3 is 0 Å². The summed E-state index contributed by atoms with van der Waals surface area (Å²) in [6, 6.07) is 3.65. The zero-order chi connectivity index (χ0) is 17.4. The summed E-state index contributed by atoms with van der Waals surface area (Å²) in [7, 11) is -3.03. The lowest BCUT2D eigenvalue weighted by Crippen LogP contribution is -2.48. The summed E-state index contributed by atoms with van der Waals surface area (Å²) in [5.74, 6) is 0.238. The Bertz CT molecular complexity index is 884. The first-order valence-corrected chi connectivity index (χ1v) is 10.8. The van der Waals surface area contributed by atoms with Crippen molar-refractivity contribution in [1.82, 2.24) is 14.3 Å². The third-order valence-corrected chi connectivity index (χ3v) is 7.21. The van der Waals surface area contributed by atoms with Gasteiger partial charge in [0.05, 0.1) is 35.1 Å². The Morgan fingerprint density at radius 3 is 2.64 bits per heavy atom. The molecule has 1 saturated heterocycles. The largest absolute Gasteiger partial charge is 0.332 e. The van der Waals surface area contributed by atoms with E-state index in [1.165, 1.54) is 6.42 Å². The molecule has 6 nitrogen and oxygen atoms in total. The van der Waals surface area contributed by atoms with Gasteiger partial charge in [-0.2, -0.15) is 0 Å². The van der Waals surface area contributed by atoms with Crippen molar-refractivity contribution in [2.24, 2.45) is 0 Å². The molecule has 1 unspecified atom stereocenters. The van der Waals surface area contributed by atoms with Crippen LogP contribution in [0.15, 0.2) is 30.9 Å². The number of pyridine rings is 1. The summed E-state index contributed by atoms with van der Waals surface area (Å²) in [6.45, 7) is 0. The number of hydrogen-bond donors (Lipinski definition) is 0. The second kappa shape index (κ2) is 6.44. The van der Waals surface area contributed by atoms with Crippen LogP contribution in [0.25, 0.3) is 5.52 Å². The molecule has 1 aliphatic heterocycles. The van der Waals surface area contributed by atoms with Crippen LogP contribution in [0, 0.1) is 0 Å². The van der Waals surface area contributed by atoms with Crippen LogP contribution in [-0.2, 0) is 9.84 Å². The predicted octanol–water partition coefficient (Wildman–Crippen LogP) is 2.30. The van der Waals surface area contributed by atoms with Crippen molar-refractivity contribution in [1.29, 1.82) is 0 Å². The van der Waals surface area contributed by atoms with E-state index >= 15 is 0 Å². The van der Waals surface area contributed by atoms with Crippen molar-refractivity contribution >= 4 is 21.3 Å². The Morgan fingerprint density at radius 1 is 1.12 bits per heavy atom. The molecule has 4 rings (SSSR count). The first-order valence-electron chi connectivity index (χ1n) is 8.98. The number of nitrogens with zero attached hydrogens (tertiary/aromatic N) is 3. The number of aromatic nitrogens is 2.